The molecule has 0 unspecified atom stereocenters. The first-order chi connectivity index (χ1) is 13.6. The minimum atomic E-state index is -0.0406. The van der Waals surface area contributed by atoms with E-state index in [1.165, 1.54) is 0 Å². The molecule has 0 bridgehead atoms. The Kier molecular flexibility index (Phi) is 5.00. The maximum absolute atomic E-state index is 12.7. The second-order valence-corrected chi connectivity index (χ2v) is 7.61. The first-order valence-corrected chi connectivity index (χ1v) is 9.72. The molecule has 4 aromatic rings. The molecule has 0 aliphatic rings. The average Bonchev–Trinajstić information content (AvgIpc) is 3.15. The van der Waals surface area contributed by atoms with Crippen molar-refractivity contribution in [3.8, 4) is 11.1 Å². The van der Waals surface area contributed by atoms with Crippen LogP contribution in [0.25, 0.3) is 21.3 Å². The van der Waals surface area contributed by atoms with Crippen LogP contribution in [-0.2, 0) is 11.2 Å². The van der Waals surface area contributed by atoms with Gasteiger partial charge in [0, 0.05) is 18.3 Å². The molecule has 5 heteroatoms. The smallest absolute Gasteiger partial charge is 0.233 e. The number of carbonyl (C=O) groups excluding carboxylic acids is 2. The van der Waals surface area contributed by atoms with E-state index in [-0.39, 0.29) is 12.3 Å². The van der Waals surface area contributed by atoms with Gasteiger partial charge in [-0.05, 0) is 47.5 Å². The van der Waals surface area contributed by atoms with Gasteiger partial charge in [-0.2, -0.15) is 0 Å². The molecule has 0 saturated heterocycles. The molecule has 0 spiro atoms. The molecule has 3 aromatic carbocycles. The Bertz CT molecular complexity index is 1130. The molecule has 0 fully saturated rings. The Balaban J connectivity index is 1.53. The summed E-state index contributed by atoms with van der Waals surface area (Å²) in [5.41, 5.74) is 4.55. The standard InChI is InChI=1S/C23H18N2O2S/c1-25(19-10-7-16(15-26)8-11-19)23(27)14-22-24-20-12-9-18(13-21(20)28-22)17-5-3-2-4-6-17/h2-13,15H,14H2,1H3. The number of nitrogens with zero attached hydrogens (tertiary/aromatic N) is 2. The molecule has 0 aliphatic heterocycles. The molecule has 1 heterocycles. The number of benzene rings is 3. The van der Waals surface area contributed by atoms with Gasteiger partial charge >= 0.3 is 0 Å². The Morgan fingerprint density at radius 1 is 1.00 bits per heavy atom. The van der Waals surface area contributed by atoms with E-state index in [4.69, 9.17) is 0 Å². The van der Waals surface area contributed by atoms with Gasteiger partial charge in [0.15, 0.2) is 0 Å². The van der Waals surface area contributed by atoms with Gasteiger partial charge in [-0.15, -0.1) is 11.3 Å². The van der Waals surface area contributed by atoms with Crippen LogP contribution >= 0.6 is 11.3 Å². The average molecular weight is 386 g/mol. The van der Waals surface area contributed by atoms with Crippen molar-refractivity contribution in [2.45, 2.75) is 6.42 Å². The highest BCUT2D eigenvalue weighted by molar-refractivity contribution is 7.18. The highest BCUT2D eigenvalue weighted by Gasteiger charge is 2.15. The third-order valence-corrected chi connectivity index (χ3v) is 5.65. The summed E-state index contributed by atoms with van der Waals surface area (Å²) in [6, 6.07) is 23.3. The van der Waals surface area contributed by atoms with Crippen LogP contribution in [0, 0.1) is 0 Å². The van der Waals surface area contributed by atoms with Crippen molar-refractivity contribution in [1.82, 2.24) is 4.98 Å². The maximum Gasteiger partial charge on any atom is 0.233 e. The minimum Gasteiger partial charge on any atom is -0.315 e. The lowest BCUT2D eigenvalue weighted by Crippen LogP contribution is -2.27. The van der Waals surface area contributed by atoms with Crippen molar-refractivity contribution in [3.05, 3.63) is 83.4 Å². The van der Waals surface area contributed by atoms with Crippen LogP contribution in [-0.4, -0.2) is 24.2 Å². The van der Waals surface area contributed by atoms with E-state index in [9.17, 15) is 9.59 Å². The maximum atomic E-state index is 12.7. The van der Waals surface area contributed by atoms with Crippen molar-refractivity contribution in [2.75, 3.05) is 11.9 Å². The Hall–Kier alpha value is -3.31. The molecule has 0 aliphatic carbocycles. The summed E-state index contributed by atoms with van der Waals surface area (Å²) in [6.07, 6.45) is 1.03. The van der Waals surface area contributed by atoms with Crippen molar-refractivity contribution < 1.29 is 9.59 Å². The SMILES string of the molecule is CN(C(=O)Cc1nc2ccc(-c3ccccc3)cc2s1)c1ccc(C=O)cc1. The number of aromatic nitrogens is 1. The second-order valence-electron chi connectivity index (χ2n) is 6.50. The van der Waals surface area contributed by atoms with E-state index in [1.54, 1.807) is 47.5 Å². The fourth-order valence-corrected chi connectivity index (χ4v) is 4.02. The quantitative estimate of drug-likeness (QED) is 0.455. The van der Waals surface area contributed by atoms with Gasteiger partial charge in [-0.3, -0.25) is 9.59 Å². The third-order valence-electron chi connectivity index (χ3n) is 4.63. The largest absolute Gasteiger partial charge is 0.315 e. The number of fused-ring (bicyclic) bond motifs is 1. The first-order valence-electron chi connectivity index (χ1n) is 8.91. The van der Waals surface area contributed by atoms with Gasteiger partial charge in [0.1, 0.15) is 11.3 Å². The molecule has 0 N–H and O–H groups in total. The van der Waals surface area contributed by atoms with Gasteiger partial charge in [-0.1, -0.05) is 36.4 Å². The van der Waals surface area contributed by atoms with Crippen LogP contribution in [0.2, 0.25) is 0 Å². The van der Waals surface area contributed by atoms with Crippen molar-refractivity contribution >= 4 is 39.4 Å². The van der Waals surface area contributed by atoms with Crippen LogP contribution in [0.1, 0.15) is 15.4 Å². The monoisotopic (exact) mass is 386 g/mol. The first kappa shape index (κ1) is 18.1. The molecule has 4 nitrogen and oxygen atoms in total. The van der Waals surface area contributed by atoms with Crippen molar-refractivity contribution in [1.29, 1.82) is 0 Å². The molecule has 0 saturated carbocycles. The summed E-state index contributed by atoms with van der Waals surface area (Å²) in [5, 5.41) is 0.793. The highest BCUT2D eigenvalue weighted by atomic mass is 32.1. The highest BCUT2D eigenvalue weighted by Crippen LogP contribution is 2.29. The summed E-state index contributed by atoms with van der Waals surface area (Å²) in [4.78, 5) is 29.6. The summed E-state index contributed by atoms with van der Waals surface area (Å²) >= 11 is 1.55. The zero-order chi connectivity index (χ0) is 19.5. The van der Waals surface area contributed by atoms with Gasteiger partial charge < -0.3 is 4.90 Å². The lowest BCUT2D eigenvalue weighted by Gasteiger charge is -2.16. The number of amides is 1. The Morgan fingerprint density at radius 2 is 1.75 bits per heavy atom. The molecule has 138 valence electrons. The fraction of sp³-hybridized carbons (Fsp3) is 0.0870. The zero-order valence-corrected chi connectivity index (χ0v) is 16.1. The molecule has 0 atom stereocenters. The number of hydrogen-bond acceptors (Lipinski definition) is 4. The van der Waals surface area contributed by atoms with Gasteiger partial charge in [0.25, 0.3) is 0 Å². The van der Waals surface area contributed by atoms with E-state index >= 15 is 0 Å². The summed E-state index contributed by atoms with van der Waals surface area (Å²) in [6.45, 7) is 0. The molecular weight excluding hydrogens is 368 g/mol. The van der Waals surface area contributed by atoms with Crippen LogP contribution in [0.4, 0.5) is 5.69 Å². The van der Waals surface area contributed by atoms with Crippen LogP contribution < -0.4 is 4.90 Å². The number of hydrogen-bond donors (Lipinski definition) is 0. The predicted molar refractivity (Wildman–Crippen MR) is 114 cm³/mol. The van der Waals surface area contributed by atoms with Crippen LogP contribution in [0.5, 0.6) is 0 Å². The van der Waals surface area contributed by atoms with Crippen molar-refractivity contribution in [3.63, 3.8) is 0 Å². The molecule has 28 heavy (non-hydrogen) atoms. The zero-order valence-electron chi connectivity index (χ0n) is 15.3. The van der Waals surface area contributed by atoms with E-state index in [2.05, 4.69) is 29.2 Å². The van der Waals surface area contributed by atoms with Gasteiger partial charge in [0.05, 0.1) is 16.6 Å². The molecule has 0 radical (unpaired) electrons. The third kappa shape index (κ3) is 3.70. The Labute approximate surface area is 167 Å². The number of anilines is 1. The van der Waals surface area contributed by atoms with E-state index in [1.807, 2.05) is 24.3 Å². The molecule has 4 rings (SSSR count). The summed E-state index contributed by atoms with van der Waals surface area (Å²) < 4.78 is 1.07. The van der Waals surface area contributed by atoms with Gasteiger partial charge in [0.2, 0.25) is 5.91 Å². The van der Waals surface area contributed by atoms with Gasteiger partial charge in [-0.25, -0.2) is 4.98 Å². The van der Waals surface area contributed by atoms with Crippen LogP contribution in [0.3, 0.4) is 0 Å². The summed E-state index contributed by atoms with van der Waals surface area (Å²) in [7, 11) is 1.74. The molecule has 1 amide bonds. The number of carbonyl (C=O) groups is 2. The van der Waals surface area contributed by atoms with Crippen molar-refractivity contribution in [2.24, 2.45) is 0 Å². The predicted octanol–water partition coefficient (Wildman–Crippen LogP) is 4.98. The fourth-order valence-electron chi connectivity index (χ4n) is 3.03. The second kappa shape index (κ2) is 7.74. The van der Waals surface area contributed by atoms with E-state index in [0.29, 0.717) is 5.56 Å². The lowest BCUT2D eigenvalue weighted by atomic mass is 10.1. The Morgan fingerprint density at radius 3 is 2.46 bits per heavy atom. The number of rotatable bonds is 5. The number of aldehydes is 1. The molecule has 1 aromatic heterocycles. The lowest BCUT2D eigenvalue weighted by molar-refractivity contribution is -0.117. The number of thiazole rings is 1. The topological polar surface area (TPSA) is 50.3 Å². The number of likely N-dealkylation sites (N-methyl/N-ethyl adjacent to an activating group) is 1. The van der Waals surface area contributed by atoms with E-state index in [0.717, 1.165) is 38.3 Å². The van der Waals surface area contributed by atoms with E-state index < -0.39 is 0 Å². The summed E-state index contributed by atoms with van der Waals surface area (Å²) in [5.74, 6) is -0.0406. The van der Waals surface area contributed by atoms with Crippen LogP contribution in [0.15, 0.2) is 72.8 Å². The minimum absolute atomic E-state index is 0.0406. The molecular formula is C23H18N2O2S. The normalized spacial score (nSPS) is 10.8.